The molecule has 1 aliphatic carbocycles. The number of hydrogen-bond acceptors (Lipinski definition) is 4. The fraction of sp³-hybridized carbons (Fsp3) is 0.194. The van der Waals surface area contributed by atoms with Gasteiger partial charge in [-0.2, -0.15) is 5.10 Å². The van der Waals surface area contributed by atoms with Crippen LogP contribution in [0.5, 0.6) is 0 Å². The van der Waals surface area contributed by atoms with Gasteiger partial charge in [0.2, 0.25) is 0 Å². The molecule has 0 unspecified atom stereocenters. The predicted molar refractivity (Wildman–Crippen MR) is 146 cm³/mol. The molecule has 0 radical (unpaired) electrons. The van der Waals surface area contributed by atoms with E-state index in [9.17, 15) is 9.59 Å². The van der Waals surface area contributed by atoms with Crippen molar-refractivity contribution in [1.29, 1.82) is 0 Å². The van der Waals surface area contributed by atoms with E-state index >= 15 is 0 Å². The second-order valence-electron chi connectivity index (χ2n) is 9.12. The summed E-state index contributed by atoms with van der Waals surface area (Å²) in [7, 11) is 0. The van der Waals surface area contributed by atoms with E-state index in [1.165, 1.54) is 0 Å². The zero-order chi connectivity index (χ0) is 25.8. The van der Waals surface area contributed by atoms with E-state index in [1.807, 2.05) is 73.7 Å². The number of furan rings is 1. The largest absolute Gasteiger partial charge is 0.455 e. The van der Waals surface area contributed by atoms with Crippen molar-refractivity contribution in [3.8, 4) is 11.1 Å². The van der Waals surface area contributed by atoms with E-state index in [0.717, 1.165) is 64.2 Å². The molecule has 1 aromatic heterocycles. The number of carbonyl (C=O) groups is 2. The van der Waals surface area contributed by atoms with Gasteiger partial charge in [0.1, 0.15) is 5.76 Å². The summed E-state index contributed by atoms with van der Waals surface area (Å²) >= 11 is 0. The highest BCUT2D eigenvalue weighted by molar-refractivity contribution is 6.09. The van der Waals surface area contributed by atoms with Crippen molar-refractivity contribution in [2.24, 2.45) is 5.10 Å². The summed E-state index contributed by atoms with van der Waals surface area (Å²) in [5.41, 5.74) is 9.49. The van der Waals surface area contributed by atoms with Crippen molar-refractivity contribution in [3.05, 3.63) is 113 Å². The van der Waals surface area contributed by atoms with Crippen LogP contribution in [-0.2, 0) is 12.8 Å². The van der Waals surface area contributed by atoms with Crippen LogP contribution in [0.4, 0.5) is 5.69 Å². The van der Waals surface area contributed by atoms with Crippen LogP contribution < -0.4 is 10.7 Å². The van der Waals surface area contributed by atoms with Gasteiger partial charge in [0, 0.05) is 28.8 Å². The number of aryl methyl sites for hydroxylation is 2. The third-order valence-electron chi connectivity index (χ3n) is 6.73. The molecule has 0 saturated carbocycles. The number of rotatable bonds is 6. The molecule has 186 valence electrons. The number of amides is 2. The summed E-state index contributed by atoms with van der Waals surface area (Å²) in [6, 6.07) is 25.2. The highest BCUT2D eigenvalue weighted by Crippen LogP contribution is 2.30. The first-order chi connectivity index (χ1) is 18.0. The molecule has 0 bridgehead atoms. The van der Waals surface area contributed by atoms with Crippen molar-refractivity contribution in [1.82, 2.24) is 5.43 Å². The van der Waals surface area contributed by atoms with Crippen molar-refractivity contribution >= 4 is 23.2 Å². The van der Waals surface area contributed by atoms with Crippen LogP contribution in [-0.4, -0.2) is 17.5 Å². The molecular weight excluding hydrogens is 462 g/mol. The molecule has 4 aromatic rings. The second-order valence-corrected chi connectivity index (χ2v) is 9.12. The molecule has 6 nitrogen and oxygen atoms in total. The number of benzene rings is 3. The molecule has 0 atom stereocenters. The Morgan fingerprint density at radius 2 is 1.57 bits per heavy atom. The maximum atomic E-state index is 13.1. The van der Waals surface area contributed by atoms with Gasteiger partial charge in [0.05, 0.1) is 5.71 Å². The first kappa shape index (κ1) is 24.3. The molecule has 1 heterocycles. The average Bonchev–Trinajstić information content (AvgIpc) is 3.29. The van der Waals surface area contributed by atoms with Crippen molar-refractivity contribution in [2.45, 2.75) is 39.5 Å². The number of nitrogens with zero attached hydrogens (tertiary/aromatic N) is 1. The number of anilines is 1. The maximum absolute atomic E-state index is 13.1. The van der Waals surface area contributed by atoms with Crippen molar-refractivity contribution in [3.63, 3.8) is 0 Å². The molecule has 37 heavy (non-hydrogen) atoms. The van der Waals surface area contributed by atoms with Crippen LogP contribution >= 0.6 is 0 Å². The number of hydrazone groups is 1. The summed E-state index contributed by atoms with van der Waals surface area (Å²) in [4.78, 5) is 25.9. The summed E-state index contributed by atoms with van der Waals surface area (Å²) in [6.07, 6.45) is 3.07. The number of carbonyl (C=O) groups excluding carboxylic acids is 2. The summed E-state index contributed by atoms with van der Waals surface area (Å²) in [5, 5.41) is 7.44. The van der Waals surface area contributed by atoms with Crippen LogP contribution in [0.15, 0.2) is 88.4 Å². The van der Waals surface area contributed by atoms with Crippen LogP contribution in [0.2, 0.25) is 0 Å². The van der Waals surface area contributed by atoms with Crippen LogP contribution in [0.25, 0.3) is 11.1 Å². The molecule has 0 aliphatic heterocycles. The zero-order valence-corrected chi connectivity index (χ0v) is 21.0. The summed E-state index contributed by atoms with van der Waals surface area (Å²) in [6.45, 7) is 3.92. The minimum absolute atomic E-state index is 0.283. The van der Waals surface area contributed by atoms with Gasteiger partial charge in [-0.3, -0.25) is 9.59 Å². The Kier molecular flexibility index (Phi) is 6.99. The molecule has 6 heteroatoms. The van der Waals surface area contributed by atoms with Gasteiger partial charge in [-0.05, 0) is 61.1 Å². The standard InChI is InChI=1S/C31H29N3O3/c1-3-21-10-7-8-13-25(21)32-31(36)29-20(2)28-26(14-9-15-27(28)37-29)33-34-30(35)24-18-16-23(17-19-24)22-11-5-4-6-12-22/h4-8,10-13,16-19H,3,9,14-15H2,1-2H3,(H,32,36)(H,34,35)/b33-26+. The van der Waals surface area contributed by atoms with Crippen LogP contribution in [0.1, 0.15) is 63.1 Å². The van der Waals surface area contributed by atoms with Gasteiger partial charge in [0.25, 0.3) is 11.8 Å². The minimum Gasteiger partial charge on any atom is -0.455 e. The molecule has 0 fully saturated rings. The van der Waals surface area contributed by atoms with Gasteiger partial charge in [-0.15, -0.1) is 0 Å². The van der Waals surface area contributed by atoms with Gasteiger partial charge in [-0.1, -0.05) is 67.6 Å². The zero-order valence-electron chi connectivity index (χ0n) is 21.0. The maximum Gasteiger partial charge on any atom is 0.291 e. The van der Waals surface area contributed by atoms with Crippen molar-refractivity contribution < 1.29 is 14.0 Å². The molecule has 1 aliphatic rings. The van der Waals surface area contributed by atoms with E-state index in [4.69, 9.17) is 4.42 Å². The van der Waals surface area contributed by atoms with Crippen LogP contribution in [0.3, 0.4) is 0 Å². The Labute approximate surface area is 216 Å². The number of hydrogen-bond donors (Lipinski definition) is 2. The number of para-hydroxylation sites is 1. The molecule has 2 amide bonds. The predicted octanol–water partition coefficient (Wildman–Crippen LogP) is 6.54. The lowest BCUT2D eigenvalue weighted by molar-refractivity contribution is 0.0953. The monoisotopic (exact) mass is 491 g/mol. The first-order valence-corrected chi connectivity index (χ1v) is 12.6. The molecule has 5 rings (SSSR count). The Hall–Kier alpha value is -4.45. The van der Waals surface area contributed by atoms with Gasteiger partial charge in [0.15, 0.2) is 5.76 Å². The normalized spacial score (nSPS) is 13.7. The first-order valence-electron chi connectivity index (χ1n) is 12.6. The van der Waals surface area contributed by atoms with Gasteiger partial charge >= 0.3 is 0 Å². The fourth-order valence-corrected chi connectivity index (χ4v) is 4.75. The summed E-state index contributed by atoms with van der Waals surface area (Å²) in [5.74, 6) is 0.454. The molecule has 3 aromatic carbocycles. The highest BCUT2D eigenvalue weighted by atomic mass is 16.4. The minimum atomic E-state index is -0.283. The van der Waals surface area contributed by atoms with E-state index in [-0.39, 0.29) is 17.6 Å². The van der Waals surface area contributed by atoms with E-state index in [2.05, 4.69) is 22.8 Å². The lowest BCUT2D eigenvalue weighted by atomic mass is 9.93. The molecule has 0 saturated heterocycles. The topological polar surface area (TPSA) is 83.7 Å². The Morgan fingerprint density at radius 1 is 0.865 bits per heavy atom. The quantitative estimate of drug-likeness (QED) is 0.300. The fourth-order valence-electron chi connectivity index (χ4n) is 4.75. The third-order valence-corrected chi connectivity index (χ3v) is 6.73. The second kappa shape index (κ2) is 10.7. The van der Waals surface area contributed by atoms with Crippen molar-refractivity contribution in [2.75, 3.05) is 5.32 Å². The summed E-state index contributed by atoms with van der Waals surface area (Å²) < 4.78 is 6.02. The molecular formula is C31H29N3O3. The number of fused-ring (bicyclic) bond motifs is 1. The van der Waals surface area contributed by atoms with E-state index in [0.29, 0.717) is 12.0 Å². The molecule has 0 spiro atoms. The Balaban J connectivity index is 1.33. The Morgan fingerprint density at radius 3 is 2.32 bits per heavy atom. The third kappa shape index (κ3) is 5.09. The van der Waals surface area contributed by atoms with Gasteiger partial charge in [-0.25, -0.2) is 5.43 Å². The van der Waals surface area contributed by atoms with E-state index in [1.54, 1.807) is 12.1 Å². The highest BCUT2D eigenvalue weighted by Gasteiger charge is 2.28. The lowest BCUT2D eigenvalue weighted by Crippen LogP contribution is -2.22. The lowest BCUT2D eigenvalue weighted by Gasteiger charge is -2.13. The van der Waals surface area contributed by atoms with Crippen LogP contribution in [0, 0.1) is 6.92 Å². The Bertz CT molecular complexity index is 1470. The average molecular weight is 492 g/mol. The van der Waals surface area contributed by atoms with Gasteiger partial charge < -0.3 is 9.73 Å². The number of nitrogens with one attached hydrogen (secondary N) is 2. The SMILES string of the molecule is CCc1ccccc1NC(=O)c1oc2c(c1C)/C(=N/NC(=O)c1ccc(-c3ccccc3)cc1)CCC2. The smallest absolute Gasteiger partial charge is 0.291 e. The molecule has 2 N–H and O–H groups in total. The van der Waals surface area contributed by atoms with E-state index < -0.39 is 0 Å².